The molecule has 2 aliphatic heterocycles. The molecule has 0 atom stereocenters. The fourth-order valence-corrected chi connectivity index (χ4v) is 12.8. The van der Waals surface area contributed by atoms with Gasteiger partial charge in [-0.25, -0.2) is 0 Å². The van der Waals surface area contributed by atoms with Crippen molar-refractivity contribution in [2.75, 3.05) is 342 Å². The number of hydrogen-bond acceptors (Lipinski definition) is 29. The van der Waals surface area contributed by atoms with Crippen molar-refractivity contribution in [1.29, 1.82) is 0 Å². The topological polar surface area (TPSA) is 349 Å². The lowest BCUT2D eigenvalue weighted by atomic mass is 9.81. The lowest BCUT2D eigenvalue weighted by molar-refractivity contribution is -0.438. The summed E-state index contributed by atoms with van der Waals surface area (Å²) in [6.45, 7) is 34.8. The smallest absolute Gasteiger partial charge is 0.303 e. The van der Waals surface area contributed by atoms with E-state index in [0.717, 1.165) is 49.2 Å². The first kappa shape index (κ1) is 108. The fraction of sp³-hybridized carbons (Fsp3) is 0.759. The molecule has 1 amide bonds. The summed E-state index contributed by atoms with van der Waals surface area (Å²) in [6, 6.07) is 11.3. The van der Waals surface area contributed by atoms with Crippen molar-refractivity contribution in [3.63, 3.8) is 0 Å². The van der Waals surface area contributed by atoms with Gasteiger partial charge in [0.15, 0.2) is 5.71 Å². The minimum atomic E-state index is -4.42. The highest BCUT2D eigenvalue weighted by Crippen LogP contribution is 2.48. The van der Waals surface area contributed by atoms with E-state index in [1.54, 1.807) is 19.2 Å². The van der Waals surface area contributed by atoms with Gasteiger partial charge in [0.2, 0.25) is 11.6 Å². The van der Waals surface area contributed by atoms with Crippen LogP contribution in [-0.4, -0.2) is 378 Å². The van der Waals surface area contributed by atoms with Gasteiger partial charge in [-0.1, -0.05) is 56.2 Å². The molecule has 0 saturated carbocycles. The third-order valence-electron chi connectivity index (χ3n) is 18.7. The maximum absolute atomic E-state index is 12.7. The van der Waals surface area contributed by atoms with Crippen molar-refractivity contribution in [3.05, 3.63) is 89.2 Å². The summed E-state index contributed by atoms with van der Waals surface area (Å²) < 4.78 is 169. The highest BCUT2D eigenvalue weighted by atomic mass is 32.2. The number of rotatable bonds is 88. The minimum Gasteiger partial charge on any atom is -0.481 e. The van der Waals surface area contributed by atoms with Gasteiger partial charge in [0.25, 0.3) is 10.1 Å². The molecule has 0 aliphatic carbocycles. The number of nitrogens with zero attached hydrogens (tertiary/aromatic N) is 2. The molecule has 0 fully saturated rings. The Bertz CT molecular complexity index is 3150. The summed E-state index contributed by atoms with van der Waals surface area (Å²) in [5.74, 6) is -0.813. The first-order valence-corrected chi connectivity index (χ1v) is 44.5. The van der Waals surface area contributed by atoms with Crippen molar-refractivity contribution in [3.8, 4) is 0 Å². The third-order valence-corrected chi connectivity index (χ3v) is 19.5. The fourth-order valence-electron chi connectivity index (χ4n) is 12.3. The number of unbranched alkanes of at least 4 members (excludes halogenated alkanes) is 4. The van der Waals surface area contributed by atoms with Crippen LogP contribution in [0.4, 0.5) is 11.4 Å². The number of hydrogen-bond donors (Lipinski definition) is 3. The van der Waals surface area contributed by atoms with Gasteiger partial charge >= 0.3 is 5.97 Å². The Hall–Kier alpha value is -4.98. The number of carbonyl (C=O) groups excluding carboxylic acids is 1. The molecule has 0 radical (unpaired) electrons. The van der Waals surface area contributed by atoms with Gasteiger partial charge in [0.05, 0.1) is 321 Å². The van der Waals surface area contributed by atoms with Gasteiger partial charge in [-0.3, -0.25) is 14.1 Å². The van der Waals surface area contributed by atoms with E-state index >= 15 is 0 Å². The molecule has 34 heteroatoms. The number of benzene rings is 2. The van der Waals surface area contributed by atoms with Gasteiger partial charge < -0.3 is 129 Å². The van der Waals surface area contributed by atoms with Crippen LogP contribution in [-0.2, 0) is 144 Å². The van der Waals surface area contributed by atoms with Crippen LogP contribution < -0.4 is 10.2 Å². The maximum Gasteiger partial charge on any atom is 0.303 e. The Kier molecular flexibility index (Phi) is 65.5. The van der Waals surface area contributed by atoms with Gasteiger partial charge in [-0.05, 0) is 76.3 Å². The van der Waals surface area contributed by atoms with E-state index < -0.39 is 21.5 Å². The monoisotopic (exact) mass is 1750 g/mol. The normalized spacial score (nSPS) is 14.2. The lowest BCUT2D eigenvalue weighted by Gasteiger charge is -2.27. The molecule has 121 heavy (non-hydrogen) atoms. The molecule has 0 bridgehead atoms. The largest absolute Gasteiger partial charge is 0.481 e. The zero-order chi connectivity index (χ0) is 86.9. The molecule has 3 N–H and O–H groups in total. The summed E-state index contributed by atoms with van der Waals surface area (Å²) in [5, 5.41) is 12.1. The second-order valence-corrected chi connectivity index (χ2v) is 30.3. The molecular formula is C87H148N3O30S+. The number of amides is 1. The van der Waals surface area contributed by atoms with Crippen molar-refractivity contribution < 1.29 is 146 Å². The van der Waals surface area contributed by atoms with Gasteiger partial charge in [0, 0.05) is 74.0 Å². The molecule has 696 valence electrons. The molecule has 0 unspecified atom stereocenters. The summed E-state index contributed by atoms with van der Waals surface area (Å²) in [5.41, 5.74) is 6.62. The lowest BCUT2D eigenvalue weighted by Crippen LogP contribution is -2.28. The molecule has 33 nitrogen and oxygen atoms in total. The Morgan fingerprint density at radius 2 is 0.736 bits per heavy atom. The van der Waals surface area contributed by atoms with Crippen LogP contribution in [0.3, 0.4) is 0 Å². The van der Waals surface area contributed by atoms with Gasteiger partial charge in [-0.2, -0.15) is 13.0 Å². The van der Waals surface area contributed by atoms with Gasteiger partial charge in [-0.15, -0.1) is 0 Å². The molecule has 0 aromatic heterocycles. The van der Waals surface area contributed by atoms with E-state index in [9.17, 15) is 22.6 Å². The van der Waals surface area contributed by atoms with Crippen LogP contribution in [0.15, 0.2) is 77.4 Å². The Labute approximate surface area is 720 Å². The van der Waals surface area contributed by atoms with Crippen LogP contribution in [0.1, 0.15) is 95.8 Å². The Morgan fingerprint density at radius 1 is 0.397 bits per heavy atom. The number of methoxy groups -OCH3 is 1. The summed E-state index contributed by atoms with van der Waals surface area (Å²) in [4.78, 5) is 26.1. The third kappa shape index (κ3) is 54.0. The maximum atomic E-state index is 12.7. The average Bonchev–Trinajstić information content (AvgIpc) is 1.77. The van der Waals surface area contributed by atoms with E-state index in [1.807, 2.05) is 18.2 Å². The van der Waals surface area contributed by atoms with Crippen LogP contribution in [0.25, 0.3) is 0 Å². The van der Waals surface area contributed by atoms with Gasteiger partial charge in [0.1, 0.15) is 6.54 Å². The van der Waals surface area contributed by atoms with Crippen molar-refractivity contribution in [1.82, 2.24) is 5.32 Å². The van der Waals surface area contributed by atoms with E-state index in [-0.39, 0.29) is 22.6 Å². The molecule has 4 rings (SSSR count). The van der Waals surface area contributed by atoms with Crippen molar-refractivity contribution in [2.24, 2.45) is 0 Å². The number of anilines is 1. The molecule has 2 aliphatic rings. The zero-order valence-electron chi connectivity index (χ0n) is 73.5. The van der Waals surface area contributed by atoms with Crippen molar-refractivity contribution >= 4 is 39.1 Å². The van der Waals surface area contributed by atoms with E-state index in [0.29, 0.717) is 343 Å². The quantitative estimate of drug-likeness (QED) is 0.0246. The summed E-state index contributed by atoms with van der Waals surface area (Å²) >= 11 is 0. The van der Waals surface area contributed by atoms with E-state index in [4.69, 9.17) is 119 Å². The second-order valence-electron chi connectivity index (χ2n) is 28.9. The molecule has 0 spiro atoms. The molecule has 0 saturated heterocycles. The predicted molar refractivity (Wildman–Crippen MR) is 455 cm³/mol. The number of carbonyl (C=O) groups is 2. The van der Waals surface area contributed by atoms with Crippen LogP contribution in [0.5, 0.6) is 0 Å². The summed E-state index contributed by atoms with van der Waals surface area (Å²) in [7, 11) is -2.78. The van der Waals surface area contributed by atoms with Crippen LogP contribution in [0.2, 0.25) is 0 Å². The van der Waals surface area contributed by atoms with Crippen molar-refractivity contribution in [2.45, 2.75) is 102 Å². The SMILES string of the molecule is COCCOCCOCCOCCOCCOCCOCCOCCOCCOCCOCCOCCOCCOCCOCCOCCOCCOCCOCCOCCOCCOCCOCCOCCNC(=O)CCCCC[N+]1=C(C=CC=CC=C2N(CCCCCC(=O)O)c3ccc(C)cc3C2(C)C)C(C)(C)c2cc(S(=O)(=O)O)ccc21. The number of carboxylic acid groups (broad SMARTS) is 1. The number of carboxylic acids is 1. The number of ether oxygens (including phenoxy) is 24. The predicted octanol–water partition coefficient (Wildman–Crippen LogP) is 7.76. The highest BCUT2D eigenvalue weighted by Gasteiger charge is 2.45. The first-order valence-electron chi connectivity index (χ1n) is 43.1. The number of aryl methyl sites for hydroxylation is 1. The summed E-state index contributed by atoms with van der Waals surface area (Å²) in [6.07, 6.45) is 15.4. The molecule has 2 aromatic rings. The first-order chi connectivity index (χ1) is 59.1. The zero-order valence-corrected chi connectivity index (χ0v) is 74.3. The number of fused-ring (bicyclic) bond motifs is 2. The van der Waals surface area contributed by atoms with Crippen LogP contribution in [0, 0.1) is 6.92 Å². The Balaban J connectivity index is 0.808. The minimum absolute atomic E-state index is 0.0426. The molecule has 2 heterocycles. The van der Waals surface area contributed by atoms with Crippen LogP contribution >= 0.6 is 0 Å². The Morgan fingerprint density at radius 3 is 1.08 bits per heavy atom. The molecule has 2 aromatic carbocycles. The second kappa shape index (κ2) is 73.1. The number of allylic oxidation sites excluding steroid dienone is 6. The standard InChI is InChI=1S/C87H147N3O30S/c1-76-20-22-80-78(74-76)86(2,3)82(89(80)26-15-9-13-19-85(92)93)16-10-7-11-17-83-87(4,5)79-75-77(121(94,95)96)21-23-81(79)90(83)25-14-8-12-18-84(91)88-24-27-98-30-31-100-34-35-102-38-39-104-42-43-106-46-47-108-50-51-110-54-55-112-58-59-114-62-63-116-66-67-118-70-71-120-73-72-119-69-68-117-65-64-115-61-60-113-57-56-111-53-52-109-49-48-107-45-44-105-41-40-103-37-36-101-33-32-99-29-28-97-6/h7,10-11,16-17,20-23,74-75H,8-9,12-15,18-19,24-73H2,1-6H3,(H2-,88,91,92,93,94,95,96)/p+1. The number of nitrogens with one attached hydrogen (secondary N) is 1. The molecular weight excluding hydrogens is 1600 g/mol. The highest BCUT2D eigenvalue weighted by molar-refractivity contribution is 7.85. The number of aliphatic carboxylic acids is 1. The average molecular weight is 1750 g/mol. The van der Waals surface area contributed by atoms with E-state index in [1.165, 1.54) is 28.6 Å². The van der Waals surface area contributed by atoms with E-state index in [2.05, 4.69) is 79.8 Å².